The molecule has 1 saturated carbocycles. The van der Waals surface area contributed by atoms with Crippen LogP contribution in [0.25, 0.3) is 11.1 Å². The van der Waals surface area contributed by atoms with Crippen LogP contribution in [0, 0.1) is 0 Å². The van der Waals surface area contributed by atoms with Crippen LogP contribution < -0.4 is 20.9 Å². The maximum absolute atomic E-state index is 5.69. The number of rotatable bonds is 6. The van der Waals surface area contributed by atoms with Crippen molar-refractivity contribution in [3.05, 3.63) is 65.9 Å². The Morgan fingerprint density at radius 3 is 2.33 bits per heavy atom. The maximum atomic E-state index is 5.69. The van der Waals surface area contributed by atoms with Crippen LogP contribution in [0.2, 0.25) is 0 Å². The van der Waals surface area contributed by atoms with Gasteiger partial charge >= 0.3 is 0 Å². The van der Waals surface area contributed by atoms with Crippen molar-refractivity contribution < 1.29 is 0 Å². The first-order chi connectivity index (χ1) is 17.6. The molecule has 0 bridgehead atoms. The molecule has 2 aliphatic rings. The third-order valence-electron chi connectivity index (χ3n) is 7.24. The zero-order chi connectivity index (χ0) is 24.9. The van der Waals surface area contributed by atoms with Crippen LogP contribution in [0.4, 0.5) is 17.5 Å². The number of anilines is 3. The summed E-state index contributed by atoms with van der Waals surface area (Å²) in [6, 6.07) is 19.5. The summed E-state index contributed by atoms with van der Waals surface area (Å²) >= 11 is 5.69. The molecule has 0 saturated heterocycles. The highest BCUT2D eigenvalue weighted by Gasteiger charge is 2.24. The van der Waals surface area contributed by atoms with E-state index in [-0.39, 0.29) is 0 Å². The Bertz CT molecular complexity index is 1190. The van der Waals surface area contributed by atoms with Crippen LogP contribution in [0.3, 0.4) is 0 Å². The fourth-order valence-corrected chi connectivity index (χ4v) is 5.66. The third kappa shape index (κ3) is 5.78. The van der Waals surface area contributed by atoms with Crippen LogP contribution in [0.15, 0.2) is 54.6 Å². The van der Waals surface area contributed by atoms with Crippen LogP contribution in [-0.4, -0.2) is 41.3 Å². The summed E-state index contributed by atoms with van der Waals surface area (Å²) in [6.07, 6.45) is 8.85. The first kappa shape index (κ1) is 24.5. The molecule has 0 aliphatic heterocycles. The molecule has 0 radical (unpaired) electrons. The minimum atomic E-state index is 0.369. The number of para-hydroxylation sites is 1. The van der Waals surface area contributed by atoms with Crippen molar-refractivity contribution >= 4 is 34.8 Å². The normalized spacial score (nSPS) is 19.2. The molecule has 36 heavy (non-hydrogen) atoms. The molecular weight excluding hydrogens is 464 g/mol. The number of nitrogens with one attached hydrogen (secondary N) is 3. The standard InChI is InChI=1S/C29H36N6S/c1-35(2)27-24-13-7-9-15-26(24)32-28(34-27)30-21-16-18-22(19-17-21)31-29(36)33-25-14-8-6-12-23(25)20-10-4-3-5-11-20/h3-6,8,10-12,14,21-22H,7,9,13,15-19H2,1-2H3,(H,30,32,34)(H2,31,33,36)/t21-,22+. The lowest BCUT2D eigenvalue weighted by atomic mass is 9.91. The van der Waals surface area contributed by atoms with Gasteiger partial charge in [0.25, 0.3) is 0 Å². The molecule has 188 valence electrons. The topological polar surface area (TPSA) is 65.1 Å². The second-order valence-electron chi connectivity index (χ2n) is 10.1. The van der Waals surface area contributed by atoms with E-state index in [1.165, 1.54) is 29.7 Å². The first-order valence-electron chi connectivity index (χ1n) is 13.1. The first-order valence-corrected chi connectivity index (χ1v) is 13.5. The van der Waals surface area contributed by atoms with Gasteiger partial charge in [-0.05, 0) is 75.2 Å². The zero-order valence-corrected chi connectivity index (χ0v) is 22.1. The SMILES string of the molecule is CN(C)c1nc(N[C@H]2CC[C@@H](NC(=S)Nc3ccccc3-c3ccccc3)CC2)nc2c1CCCC2. The van der Waals surface area contributed by atoms with Crippen LogP contribution in [0.1, 0.15) is 49.8 Å². The van der Waals surface area contributed by atoms with Gasteiger partial charge in [-0.15, -0.1) is 0 Å². The predicted molar refractivity (Wildman–Crippen MR) is 154 cm³/mol. The predicted octanol–water partition coefficient (Wildman–Crippen LogP) is 5.80. The van der Waals surface area contributed by atoms with Gasteiger partial charge in [0.2, 0.25) is 5.95 Å². The number of benzene rings is 2. The smallest absolute Gasteiger partial charge is 0.225 e. The molecule has 0 atom stereocenters. The van der Waals surface area contributed by atoms with Gasteiger partial charge in [-0.2, -0.15) is 4.98 Å². The Kier molecular flexibility index (Phi) is 7.66. The van der Waals surface area contributed by atoms with Crippen LogP contribution in [0.5, 0.6) is 0 Å². The Labute approximate surface area is 219 Å². The monoisotopic (exact) mass is 500 g/mol. The summed E-state index contributed by atoms with van der Waals surface area (Å²) in [6.45, 7) is 0. The van der Waals surface area contributed by atoms with E-state index in [9.17, 15) is 0 Å². The molecule has 1 heterocycles. The van der Waals surface area contributed by atoms with Gasteiger partial charge in [0, 0.05) is 43.0 Å². The van der Waals surface area contributed by atoms with Crippen molar-refractivity contribution in [1.29, 1.82) is 0 Å². The molecule has 0 amide bonds. The average molecular weight is 501 g/mol. The van der Waals surface area contributed by atoms with Crippen molar-refractivity contribution in [3.63, 3.8) is 0 Å². The number of aromatic nitrogens is 2. The fraction of sp³-hybridized carbons (Fsp3) is 0.414. The number of fused-ring (bicyclic) bond motifs is 1. The number of nitrogens with zero attached hydrogens (tertiary/aromatic N) is 3. The second kappa shape index (κ2) is 11.2. The average Bonchev–Trinajstić information content (AvgIpc) is 2.90. The Morgan fingerprint density at radius 2 is 1.56 bits per heavy atom. The highest BCUT2D eigenvalue weighted by Crippen LogP contribution is 2.30. The van der Waals surface area contributed by atoms with E-state index in [2.05, 4.69) is 77.4 Å². The summed E-state index contributed by atoms with van der Waals surface area (Å²) in [4.78, 5) is 11.9. The zero-order valence-electron chi connectivity index (χ0n) is 21.3. The molecule has 2 aromatic carbocycles. The summed E-state index contributed by atoms with van der Waals surface area (Å²) in [5, 5.41) is 11.3. The van der Waals surface area contributed by atoms with Crippen molar-refractivity contribution in [2.45, 2.75) is 63.5 Å². The van der Waals surface area contributed by atoms with E-state index in [0.717, 1.165) is 61.5 Å². The Hall–Kier alpha value is -3.19. The quantitative estimate of drug-likeness (QED) is 0.370. The van der Waals surface area contributed by atoms with Gasteiger partial charge in [0.15, 0.2) is 5.11 Å². The van der Waals surface area contributed by atoms with E-state index >= 15 is 0 Å². The fourth-order valence-electron chi connectivity index (χ4n) is 5.38. The number of thiocarbonyl (C=S) groups is 1. The Balaban J connectivity index is 1.16. The molecule has 5 rings (SSSR count). The number of hydrogen-bond donors (Lipinski definition) is 3. The van der Waals surface area contributed by atoms with E-state index < -0.39 is 0 Å². The lowest BCUT2D eigenvalue weighted by Gasteiger charge is -2.31. The van der Waals surface area contributed by atoms with Gasteiger partial charge in [0.05, 0.1) is 5.69 Å². The third-order valence-corrected chi connectivity index (χ3v) is 7.46. The van der Waals surface area contributed by atoms with E-state index in [1.807, 2.05) is 12.1 Å². The molecule has 2 aliphatic carbocycles. The summed E-state index contributed by atoms with van der Waals surface area (Å²) in [5.74, 6) is 1.86. The Morgan fingerprint density at radius 1 is 0.861 bits per heavy atom. The second-order valence-corrected chi connectivity index (χ2v) is 10.5. The van der Waals surface area contributed by atoms with Crippen molar-refractivity contribution in [1.82, 2.24) is 15.3 Å². The lowest BCUT2D eigenvalue weighted by Crippen LogP contribution is -2.42. The molecule has 3 N–H and O–H groups in total. The minimum absolute atomic E-state index is 0.369. The number of hydrogen-bond acceptors (Lipinski definition) is 5. The summed E-state index contributed by atoms with van der Waals surface area (Å²) < 4.78 is 0. The van der Waals surface area contributed by atoms with Gasteiger partial charge in [-0.1, -0.05) is 48.5 Å². The highest BCUT2D eigenvalue weighted by atomic mass is 32.1. The molecule has 1 fully saturated rings. The molecule has 6 nitrogen and oxygen atoms in total. The van der Waals surface area contributed by atoms with Gasteiger partial charge in [-0.3, -0.25) is 0 Å². The van der Waals surface area contributed by atoms with Crippen LogP contribution >= 0.6 is 12.2 Å². The van der Waals surface area contributed by atoms with Gasteiger partial charge in [-0.25, -0.2) is 4.98 Å². The van der Waals surface area contributed by atoms with Crippen molar-refractivity contribution in [2.24, 2.45) is 0 Å². The van der Waals surface area contributed by atoms with Gasteiger partial charge < -0.3 is 20.9 Å². The minimum Gasteiger partial charge on any atom is -0.362 e. The molecule has 1 aromatic heterocycles. The maximum Gasteiger partial charge on any atom is 0.225 e. The van der Waals surface area contributed by atoms with Crippen LogP contribution in [-0.2, 0) is 12.8 Å². The lowest BCUT2D eigenvalue weighted by molar-refractivity contribution is 0.387. The van der Waals surface area contributed by atoms with E-state index in [1.54, 1.807) is 0 Å². The largest absolute Gasteiger partial charge is 0.362 e. The molecular formula is C29H36N6S. The molecule has 7 heteroatoms. The summed E-state index contributed by atoms with van der Waals surface area (Å²) in [5.41, 5.74) is 5.91. The summed E-state index contributed by atoms with van der Waals surface area (Å²) in [7, 11) is 4.15. The van der Waals surface area contributed by atoms with E-state index in [0.29, 0.717) is 17.2 Å². The molecule has 0 unspecified atom stereocenters. The number of aryl methyl sites for hydroxylation is 1. The van der Waals surface area contributed by atoms with Crippen molar-refractivity contribution in [3.8, 4) is 11.1 Å². The van der Waals surface area contributed by atoms with E-state index in [4.69, 9.17) is 22.2 Å². The molecule has 3 aromatic rings. The molecule has 0 spiro atoms. The van der Waals surface area contributed by atoms with Gasteiger partial charge in [0.1, 0.15) is 5.82 Å². The van der Waals surface area contributed by atoms with Crippen molar-refractivity contribution in [2.75, 3.05) is 29.6 Å². The highest BCUT2D eigenvalue weighted by molar-refractivity contribution is 7.80.